The third-order valence-electron chi connectivity index (χ3n) is 3.52. The standard InChI is InChI=1S/C16H17BrN2O2S/c1-11-2-5-15(22-11)16(20)18-13-10-12(17)3-4-14(13)19-6-8-21-9-7-19/h2-5,10H,6-9H2,1H3,(H,18,20). The van der Waals surface area contributed by atoms with Gasteiger partial charge in [-0.05, 0) is 37.3 Å². The van der Waals surface area contributed by atoms with E-state index in [4.69, 9.17) is 4.74 Å². The van der Waals surface area contributed by atoms with Crippen LogP contribution >= 0.6 is 27.3 Å². The minimum atomic E-state index is -0.0642. The van der Waals surface area contributed by atoms with Gasteiger partial charge in [-0.25, -0.2) is 0 Å². The summed E-state index contributed by atoms with van der Waals surface area (Å²) >= 11 is 4.98. The van der Waals surface area contributed by atoms with E-state index in [1.807, 2.05) is 37.3 Å². The highest BCUT2D eigenvalue weighted by Crippen LogP contribution is 2.31. The van der Waals surface area contributed by atoms with Crippen LogP contribution in [0.3, 0.4) is 0 Å². The van der Waals surface area contributed by atoms with Crippen LogP contribution in [-0.4, -0.2) is 32.2 Å². The number of carbonyl (C=O) groups is 1. The summed E-state index contributed by atoms with van der Waals surface area (Å²) in [4.78, 5) is 16.5. The van der Waals surface area contributed by atoms with Gasteiger partial charge >= 0.3 is 0 Å². The lowest BCUT2D eigenvalue weighted by Crippen LogP contribution is -2.36. The molecular formula is C16H17BrN2O2S. The molecule has 0 unspecified atom stereocenters. The summed E-state index contributed by atoms with van der Waals surface area (Å²) in [6, 6.07) is 9.80. The van der Waals surface area contributed by atoms with E-state index in [1.165, 1.54) is 11.3 Å². The van der Waals surface area contributed by atoms with Gasteiger partial charge in [-0.3, -0.25) is 4.79 Å². The zero-order valence-corrected chi connectivity index (χ0v) is 14.7. The van der Waals surface area contributed by atoms with E-state index >= 15 is 0 Å². The number of anilines is 2. The smallest absolute Gasteiger partial charge is 0.265 e. The zero-order valence-electron chi connectivity index (χ0n) is 12.3. The summed E-state index contributed by atoms with van der Waals surface area (Å²) in [6.07, 6.45) is 0. The Hall–Kier alpha value is -1.37. The highest BCUT2D eigenvalue weighted by Gasteiger charge is 2.17. The van der Waals surface area contributed by atoms with Crippen molar-refractivity contribution in [3.8, 4) is 0 Å². The number of carbonyl (C=O) groups excluding carboxylic acids is 1. The van der Waals surface area contributed by atoms with E-state index in [2.05, 4.69) is 26.1 Å². The van der Waals surface area contributed by atoms with Crippen LogP contribution in [0.15, 0.2) is 34.8 Å². The largest absolute Gasteiger partial charge is 0.378 e. The number of rotatable bonds is 3. The van der Waals surface area contributed by atoms with Gasteiger partial charge in [-0.1, -0.05) is 15.9 Å². The molecule has 4 nitrogen and oxygen atoms in total. The van der Waals surface area contributed by atoms with Crippen LogP contribution in [0, 0.1) is 6.92 Å². The predicted octanol–water partition coefficient (Wildman–Crippen LogP) is 3.91. The molecule has 0 radical (unpaired) electrons. The fraction of sp³-hybridized carbons (Fsp3) is 0.312. The Balaban J connectivity index is 1.85. The number of nitrogens with one attached hydrogen (secondary N) is 1. The Morgan fingerprint density at radius 2 is 2.05 bits per heavy atom. The molecule has 2 aromatic rings. The third-order valence-corrected chi connectivity index (χ3v) is 5.02. The SMILES string of the molecule is Cc1ccc(C(=O)Nc2cc(Br)ccc2N2CCOCC2)s1. The number of morpholine rings is 1. The Labute approximate surface area is 142 Å². The Morgan fingerprint density at radius 1 is 1.27 bits per heavy atom. The van der Waals surface area contributed by atoms with Crippen molar-refractivity contribution in [3.05, 3.63) is 44.6 Å². The quantitative estimate of drug-likeness (QED) is 0.877. The molecule has 0 aliphatic carbocycles. The second kappa shape index (κ2) is 6.81. The fourth-order valence-corrected chi connectivity index (χ4v) is 3.55. The first-order valence-electron chi connectivity index (χ1n) is 7.13. The molecule has 1 aliphatic rings. The van der Waals surface area contributed by atoms with Gasteiger partial charge < -0.3 is 15.0 Å². The van der Waals surface area contributed by atoms with Crippen molar-refractivity contribution in [2.75, 3.05) is 36.5 Å². The van der Waals surface area contributed by atoms with Gasteiger partial charge in [-0.2, -0.15) is 0 Å². The molecule has 0 atom stereocenters. The minimum absolute atomic E-state index is 0.0642. The van der Waals surface area contributed by atoms with Crippen LogP contribution in [0.4, 0.5) is 11.4 Å². The van der Waals surface area contributed by atoms with Crippen molar-refractivity contribution in [2.45, 2.75) is 6.92 Å². The maximum Gasteiger partial charge on any atom is 0.265 e. The number of hydrogen-bond acceptors (Lipinski definition) is 4. The molecule has 3 rings (SSSR count). The summed E-state index contributed by atoms with van der Waals surface area (Å²) < 4.78 is 6.35. The zero-order chi connectivity index (χ0) is 15.5. The van der Waals surface area contributed by atoms with E-state index in [9.17, 15) is 4.79 Å². The molecule has 1 amide bonds. The van der Waals surface area contributed by atoms with Crippen molar-refractivity contribution in [2.24, 2.45) is 0 Å². The average Bonchev–Trinajstić information content (AvgIpc) is 2.95. The van der Waals surface area contributed by atoms with Crippen LogP contribution < -0.4 is 10.2 Å². The van der Waals surface area contributed by atoms with Crippen LogP contribution in [0.5, 0.6) is 0 Å². The lowest BCUT2D eigenvalue weighted by atomic mass is 10.2. The lowest BCUT2D eigenvalue weighted by Gasteiger charge is -2.30. The molecule has 0 spiro atoms. The van der Waals surface area contributed by atoms with Crippen molar-refractivity contribution in [1.29, 1.82) is 0 Å². The maximum absolute atomic E-state index is 12.4. The van der Waals surface area contributed by atoms with Gasteiger partial charge in [-0.15, -0.1) is 11.3 Å². The van der Waals surface area contributed by atoms with Gasteiger partial charge in [0, 0.05) is 22.4 Å². The number of nitrogens with zero attached hydrogens (tertiary/aromatic N) is 1. The monoisotopic (exact) mass is 380 g/mol. The molecule has 116 valence electrons. The number of amides is 1. The van der Waals surface area contributed by atoms with Gasteiger partial charge in [0.15, 0.2) is 0 Å². The predicted molar refractivity (Wildman–Crippen MR) is 94.2 cm³/mol. The lowest BCUT2D eigenvalue weighted by molar-refractivity contribution is 0.103. The molecule has 1 aromatic carbocycles. The molecule has 2 heterocycles. The first kappa shape index (κ1) is 15.5. The van der Waals surface area contributed by atoms with Gasteiger partial charge in [0.05, 0.1) is 29.5 Å². The summed E-state index contributed by atoms with van der Waals surface area (Å²) in [5.41, 5.74) is 1.86. The van der Waals surface area contributed by atoms with E-state index in [0.29, 0.717) is 13.2 Å². The van der Waals surface area contributed by atoms with Gasteiger partial charge in [0.2, 0.25) is 0 Å². The number of aryl methyl sites for hydroxylation is 1. The Bertz CT molecular complexity index is 681. The molecule has 1 fully saturated rings. The topological polar surface area (TPSA) is 41.6 Å². The van der Waals surface area contributed by atoms with Crippen molar-refractivity contribution in [3.63, 3.8) is 0 Å². The molecule has 0 saturated carbocycles. The molecule has 1 saturated heterocycles. The van der Waals surface area contributed by atoms with Crippen LogP contribution in [0.25, 0.3) is 0 Å². The van der Waals surface area contributed by atoms with Crippen molar-refractivity contribution >= 4 is 44.5 Å². The summed E-state index contributed by atoms with van der Waals surface area (Å²) in [5, 5.41) is 3.04. The number of ether oxygens (including phenoxy) is 1. The van der Waals surface area contributed by atoms with E-state index in [-0.39, 0.29) is 5.91 Å². The number of thiophene rings is 1. The maximum atomic E-state index is 12.4. The van der Waals surface area contributed by atoms with Gasteiger partial charge in [0.25, 0.3) is 5.91 Å². The number of benzene rings is 1. The molecule has 1 N–H and O–H groups in total. The second-order valence-electron chi connectivity index (χ2n) is 5.13. The van der Waals surface area contributed by atoms with Crippen molar-refractivity contribution in [1.82, 2.24) is 0 Å². The molecule has 6 heteroatoms. The summed E-state index contributed by atoms with van der Waals surface area (Å²) in [7, 11) is 0. The Kier molecular flexibility index (Phi) is 4.81. The van der Waals surface area contributed by atoms with Crippen LogP contribution in [0.2, 0.25) is 0 Å². The second-order valence-corrected chi connectivity index (χ2v) is 7.33. The van der Waals surface area contributed by atoms with E-state index in [0.717, 1.165) is 38.7 Å². The minimum Gasteiger partial charge on any atom is -0.378 e. The number of halogens is 1. The summed E-state index contributed by atoms with van der Waals surface area (Å²) in [6.45, 7) is 5.10. The molecular weight excluding hydrogens is 364 g/mol. The highest BCUT2D eigenvalue weighted by molar-refractivity contribution is 9.10. The van der Waals surface area contributed by atoms with E-state index < -0.39 is 0 Å². The van der Waals surface area contributed by atoms with Gasteiger partial charge in [0.1, 0.15) is 0 Å². The summed E-state index contributed by atoms with van der Waals surface area (Å²) in [5.74, 6) is -0.0642. The first-order chi connectivity index (χ1) is 10.6. The van der Waals surface area contributed by atoms with Crippen LogP contribution in [-0.2, 0) is 4.74 Å². The molecule has 22 heavy (non-hydrogen) atoms. The molecule has 1 aliphatic heterocycles. The van der Waals surface area contributed by atoms with Crippen molar-refractivity contribution < 1.29 is 9.53 Å². The highest BCUT2D eigenvalue weighted by atomic mass is 79.9. The molecule has 1 aromatic heterocycles. The average molecular weight is 381 g/mol. The number of hydrogen-bond donors (Lipinski definition) is 1. The third kappa shape index (κ3) is 3.51. The fourth-order valence-electron chi connectivity index (χ4n) is 2.43. The normalized spacial score (nSPS) is 14.9. The van der Waals surface area contributed by atoms with E-state index in [1.54, 1.807) is 0 Å². The Morgan fingerprint density at radius 3 is 2.73 bits per heavy atom. The van der Waals surface area contributed by atoms with Crippen LogP contribution in [0.1, 0.15) is 14.5 Å². The molecule has 0 bridgehead atoms. The first-order valence-corrected chi connectivity index (χ1v) is 8.74.